The molecule has 0 saturated heterocycles. The Morgan fingerprint density at radius 3 is 1.00 bits per heavy atom. The van der Waals surface area contributed by atoms with Crippen LogP contribution in [0.2, 0.25) is 0 Å². The fraction of sp³-hybridized carbons (Fsp3) is 0.333. The normalized spacial score (nSPS) is 1.00. The van der Waals surface area contributed by atoms with E-state index >= 15 is 0 Å². The molecule has 0 radical (unpaired) electrons. The minimum Gasteiger partial charge on any atom is -0.344 e. The second-order valence-corrected chi connectivity index (χ2v) is 0. The largest absolute Gasteiger partial charge is 0.344 e. The van der Waals surface area contributed by atoms with Crippen LogP contribution in [0.3, 0.4) is 0 Å². The SMILES string of the molecule is C.C=C.N. The van der Waals surface area contributed by atoms with Crippen molar-refractivity contribution in [2.45, 2.75) is 7.43 Å². The Morgan fingerprint density at radius 2 is 1.00 bits per heavy atom. The van der Waals surface area contributed by atoms with E-state index in [-0.39, 0.29) is 13.6 Å². The van der Waals surface area contributed by atoms with E-state index < -0.39 is 0 Å². The molecule has 28 valence electrons. The molecule has 0 spiro atoms. The van der Waals surface area contributed by atoms with Gasteiger partial charge in [-0.2, -0.15) is 0 Å². The van der Waals surface area contributed by atoms with Gasteiger partial charge in [0.05, 0.1) is 0 Å². The first kappa shape index (κ1) is 55.0. The van der Waals surface area contributed by atoms with Crippen molar-refractivity contribution >= 4 is 0 Å². The Hall–Kier alpha value is -0.300. The van der Waals surface area contributed by atoms with Crippen molar-refractivity contribution in [3.05, 3.63) is 13.2 Å². The summed E-state index contributed by atoms with van der Waals surface area (Å²) in [4.78, 5) is 0. The molecule has 0 bridgehead atoms. The topological polar surface area (TPSA) is 35.0 Å². The van der Waals surface area contributed by atoms with Gasteiger partial charge in [0.15, 0.2) is 0 Å². The molecule has 0 rings (SSSR count). The maximum Gasteiger partial charge on any atom is -0.0776 e. The molecule has 0 atom stereocenters. The van der Waals surface area contributed by atoms with Gasteiger partial charge in [0.25, 0.3) is 0 Å². The van der Waals surface area contributed by atoms with Crippen molar-refractivity contribution in [2.24, 2.45) is 0 Å². The average molecular weight is 61.1 g/mol. The van der Waals surface area contributed by atoms with Gasteiger partial charge in [0, 0.05) is 0 Å². The molecule has 1 heteroatoms. The van der Waals surface area contributed by atoms with Crippen molar-refractivity contribution in [1.82, 2.24) is 6.15 Å². The van der Waals surface area contributed by atoms with E-state index in [0.29, 0.717) is 0 Å². The molecular weight excluding hydrogens is 50.0 g/mol. The molecule has 0 amide bonds. The second-order valence-electron chi connectivity index (χ2n) is 0. The zero-order valence-corrected chi connectivity index (χ0v) is 2.12. The molecule has 4 heavy (non-hydrogen) atoms. The van der Waals surface area contributed by atoms with E-state index in [9.17, 15) is 0 Å². The lowest BCUT2D eigenvalue weighted by molar-refractivity contribution is 2.13. The standard InChI is InChI=1S/C2H4.CH4.H3N/c1-2;;/h1-2H2;1H4;1H3. The van der Waals surface area contributed by atoms with Gasteiger partial charge in [-0.05, 0) is 0 Å². The van der Waals surface area contributed by atoms with Gasteiger partial charge in [0.2, 0.25) is 0 Å². The van der Waals surface area contributed by atoms with E-state index in [4.69, 9.17) is 0 Å². The van der Waals surface area contributed by atoms with Gasteiger partial charge in [-0.1, -0.05) is 7.43 Å². The molecule has 1 nitrogen and oxygen atoms in total. The lowest BCUT2D eigenvalue weighted by Crippen LogP contribution is -0.552. The van der Waals surface area contributed by atoms with Crippen molar-refractivity contribution in [1.29, 1.82) is 0 Å². The van der Waals surface area contributed by atoms with Crippen molar-refractivity contribution in [2.75, 3.05) is 0 Å². The maximum absolute atomic E-state index is 3.00. The van der Waals surface area contributed by atoms with Crippen molar-refractivity contribution in [3.63, 3.8) is 0 Å². The number of hydrogen-bond acceptors (Lipinski definition) is 1. The van der Waals surface area contributed by atoms with Crippen LogP contribution in [0, 0.1) is 0 Å². The van der Waals surface area contributed by atoms with Crippen LogP contribution < -0.4 is 6.15 Å². The summed E-state index contributed by atoms with van der Waals surface area (Å²) < 4.78 is 0. The first-order valence-corrected chi connectivity index (χ1v) is 0.500. The molecule has 0 aromatic carbocycles. The average Bonchev–Trinajstić information content (AvgIpc) is 1.00. The fourth-order valence-corrected chi connectivity index (χ4v) is 0. The lowest BCUT2D eigenvalue weighted by atomic mass is 11.3. The monoisotopic (exact) mass is 61.1 g/mol. The smallest absolute Gasteiger partial charge is 0.0776 e. The lowest BCUT2D eigenvalue weighted by Gasteiger charge is -0.813. The summed E-state index contributed by atoms with van der Waals surface area (Å²) >= 11 is 0. The minimum atomic E-state index is 0. The number of rotatable bonds is 0. The predicted octanol–water partition coefficient (Wildman–Crippen LogP) is 1.60. The van der Waals surface area contributed by atoms with E-state index in [1.54, 1.807) is 0 Å². The molecule has 0 saturated carbocycles. The molecule has 3 N–H and O–H groups in total. The summed E-state index contributed by atoms with van der Waals surface area (Å²) in [6, 6.07) is 0. The summed E-state index contributed by atoms with van der Waals surface area (Å²) in [6.07, 6.45) is 0. The molecule has 0 aromatic heterocycles. The van der Waals surface area contributed by atoms with Crippen LogP contribution in [0.15, 0.2) is 13.2 Å². The van der Waals surface area contributed by atoms with Gasteiger partial charge >= 0.3 is 0 Å². The van der Waals surface area contributed by atoms with Gasteiger partial charge in [-0.25, -0.2) is 0 Å². The van der Waals surface area contributed by atoms with Gasteiger partial charge in [-0.3, -0.25) is 0 Å². The van der Waals surface area contributed by atoms with E-state index in [0.717, 1.165) is 0 Å². The Bertz CT molecular complexity index is 3.25. The quantitative estimate of drug-likeness (QED) is 0.424. The third-order valence-corrected chi connectivity index (χ3v) is 0. The number of hydrogen-bond donors (Lipinski definition) is 1. The van der Waals surface area contributed by atoms with Crippen LogP contribution in [-0.2, 0) is 0 Å². The Kier molecular flexibility index (Phi) is 1190. The molecular formula is C3H11N. The maximum atomic E-state index is 3.00. The van der Waals surface area contributed by atoms with Gasteiger partial charge < -0.3 is 6.15 Å². The van der Waals surface area contributed by atoms with Gasteiger partial charge in [0.1, 0.15) is 0 Å². The summed E-state index contributed by atoms with van der Waals surface area (Å²) in [5.74, 6) is 0. The first-order chi connectivity index (χ1) is 1.00. The van der Waals surface area contributed by atoms with Crippen LogP contribution in [0.4, 0.5) is 0 Å². The van der Waals surface area contributed by atoms with Gasteiger partial charge in [-0.15, -0.1) is 13.2 Å². The molecule has 0 aromatic rings. The van der Waals surface area contributed by atoms with Crippen LogP contribution >= 0.6 is 0 Å². The molecule has 0 heterocycles. The minimum absolute atomic E-state index is 0. The third-order valence-electron chi connectivity index (χ3n) is 0. The van der Waals surface area contributed by atoms with Crippen LogP contribution in [0.1, 0.15) is 7.43 Å². The summed E-state index contributed by atoms with van der Waals surface area (Å²) in [6.45, 7) is 6.00. The predicted molar refractivity (Wildman–Crippen MR) is 23.0 cm³/mol. The Balaban J connectivity index is -0.00000000500. The first-order valence-electron chi connectivity index (χ1n) is 0.500. The van der Waals surface area contributed by atoms with Crippen LogP contribution in [-0.4, -0.2) is 0 Å². The summed E-state index contributed by atoms with van der Waals surface area (Å²) in [5.41, 5.74) is 0. The highest BCUT2D eigenvalue weighted by Crippen LogP contribution is 0.862. The highest BCUT2D eigenvalue weighted by atomic mass is 14.0. The third kappa shape index (κ3) is 9.26. The van der Waals surface area contributed by atoms with E-state index in [2.05, 4.69) is 13.2 Å². The second kappa shape index (κ2) is 86.7. The Morgan fingerprint density at radius 1 is 1.00 bits per heavy atom. The molecule has 0 aliphatic heterocycles. The zero-order chi connectivity index (χ0) is 2.00. The van der Waals surface area contributed by atoms with E-state index in [1.807, 2.05) is 0 Å². The zero-order valence-electron chi connectivity index (χ0n) is 2.12. The molecule has 0 fully saturated rings. The highest BCUT2D eigenvalue weighted by molar-refractivity contribution is 4.22. The molecule has 0 aliphatic carbocycles. The summed E-state index contributed by atoms with van der Waals surface area (Å²) in [5, 5.41) is 0. The van der Waals surface area contributed by atoms with Crippen LogP contribution in [0.5, 0.6) is 0 Å². The fourth-order valence-electron chi connectivity index (χ4n) is 0. The molecule has 0 aliphatic rings. The summed E-state index contributed by atoms with van der Waals surface area (Å²) in [7, 11) is 0. The Labute approximate surface area is 27.9 Å². The highest BCUT2D eigenvalue weighted by Gasteiger charge is 0.601. The van der Waals surface area contributed by atoms with Crippen LogP contribution in [0.25, 0.3) is 0 Å². The molecule has 0 unspecified atom stereocenters. The van der Waals surface area contributed by atoms with E-state index in [1.165, 1.54) is 0 Å². The van der Waals surface area contributed by atoms with Crippen molar-refractivity contribution in [3.8, 4) is 0 Å². The van der Waals surface area contributed by atoms with Crippen molar-refractivity contribution < 1.29 is 0 Å².